The van der Waals surface area contributed by atoms with Crippen LogP contribution in [0.1, 0.15) is 48.9 Å². The van der Waals surface area contributed by atoms with Crippen LogP contribution < -0.4 is 25.5 Å². The second-order valence-electron chi connectivity index (χ2n) is 13.7. The van der Waals surface area contributed by atoms with Gasteiger partial charge >= 0.3 is 0 Å². The second-order valence-corrected chi connectivity index (χ2v) is 13.7. The lowest BCUT2D eigenvalue weighted by Gasteiger charge is -2.23. The highest BCUT2D eigenvalue weighted by atomic mass is 16.5. The average molecular weight is 751 g/mol. The molecule has 284 valence electrons. The number of carbonyl (C=O) groups is 2. The van der Waals surface area contributed by atoms with Gasteiger partial charge in [-0.05, 0) is 85.0 Å². The summed E-state index contributed by atoms with van der Waals surface area (Å²) >= 11 is 0. The minimum Gasteiger partial charge on any atom is -0.493 e. The van der Waals surface area contributed by atoms with Crippen LogP contribution in [0.4, 0.5) is 11.4 Å². The van der Waals surface area contributed by atoms with Gasteiger partial charge in [-0.3, -0.25) is 28.9 Å². The Morgan fingerprint density at radius 3 is 2.29 bits per heavy atom. The molecule has 4 aromatic carbocycles. The first kappa shape index (κ1) is 37.5. The lowest BCUT2D eigenvalue weighted by molar-refractivity contribution is 0.0997. The number of fused-ring (bicyclic) bond motifs is 2. The Labute approximate surface area is 323 Å². The smallest absolute Gasteiger partial charge is 0.291 e. The number of hydrogen-bond donors (Lipinski definition) is 2. The average Bonchev–Trinajstić information content (AvgIpc) is 3.48. The van der Waals surface area contributed by atoms with Crippen molar-refractivity contribution in [3.8, 4) is 11.5 Å². The highest BCUT2D eigenvalue weighted by Gasteiger charge is 2.21. The molecule has 12 heteroatoms. The van der Waals surface area contributed by atoms with Crippen molar-refractivity contribution < 1.29 is 23.5 Å². The van der Waals surface area contributed by atoms with E-state index in [0.717, 1.165) is 65.4 Å². The first-order chi connectivity index (χ1) is 27.1. The third-order valence-corrected chi connectivity index (χ3v) is 9.65. The molecule has 12 nitrogen and oxygen atoms in total. The van der Waals surface area contributed by atoms with E-state index < -0.39 is 11.8 Å². The lowest BCUT2D eigenvalue weighted by Crippen LogP contribution is -2.25. The molecule has 7 rings (SSSR count). The molecule has 7 aromatic rings. The molecule has 0 unspecified atom stereocenters. The summed E-state index contributed by atoms with van der Waals surface area (Å²) < 4.78 is 18.6. The van der Waals surface area contributed by atoms with Gasteiger partial charge in [0.25, 0.3) is 11.8 Å². The van der Waals surface area contributed by atoms with Gasteiger partial charge in [-0.2, -0.15) is 5.10 Å². The number of rotatable bonds is 13. The molecule has 3 heterocycles. The highest BCUT2D eigenvalue weighted by molar-refractivity contribution is 6.12. The number of methoxy groups -OCH3 is 2. The zero-order valence-corrected chi connectivity index (χ0v) is 31.9. The van der Waals surface area contributed by atoms with E-state index >= 15 is 0 Å². The van der Waals surface area contributed by atoms with E-state index in [2.05, 4.69) is 56.8 Å². The molecule has 0 bridgehead atoms. The number of para-hydroxylation sites is 1. The Morgan fingerprint density at radius 1 is 0.786 bits per heavy atom. The van der Waals surface area contributed by atoms with Gasteiger partial charge in [0, 0.05) is 62.3 Å². The third kappa shape index (κ3) is 8.30. The van der Waals surface area contributed by atoms with Crippen LogP contribution in [-0.2, 0) is 26.6 Å². The third-order valence-electron chi connectivity index (χ3n) is 9.65. The Hall–Kier alpha value is -6.79. The van der Waals surface area contributed by atoms with Crippen LogP contribution >= 0.6 is 0 Å². The molecule has 0 saturated carbocycles. The quantitative estimate of drug-likeness (QED) is 0.123. The number of pyridine rings is 1. The van der Waals surface area contributed by atoms with Crippen molar-refractivity contribution in [3.05, 3.63) is 153 Å². The van der Waals surface area contributed by atoms with Crippen LogP contribution in [0.25, 0.3) is 21.9 Å². The van der Waals surface area contributed by atoms with E-state index in [0.29, 0.717) is 22.6 Å². The van der Waals surface area contributed by atoms with Gasteiger partial charge in [-0.1, -0.05) is 36.4 Å². The monoisotopic (exact) mass is 750 g/mol. The summed E-state index contributed by atoms with van der Waals surface area (Å²) in [7, 11) is 4.88. The molecular weight excluding hydrogens is 709 g/mol. The largest absolute Gasteiger partial charge is 0.493 e. The fourth-order valence-electron chi connectivity index (χ4n) is 6.83. The number of benzene rings is 4. The van der Waals surface area contributed by atoms with Crippen molar-refractivity contribution in [3.63, 3.8) is 0 Å². The topological polar surface area (TPSA) is 141 Å². The molecule has 2 amide bonds. The number of aryl methyl sites for hydroxylation is 3. The van der Waals surface area contributed by atoms with Gasteiger partial charge in [0.2, 0.25) is 0 Å². The molecule has 2 N–H and O–H groups in total. The number of anilines is 2. The van der Waals surface area contributed by atoms with E-state index in [1.54, 1.807) is 24.3 Å². The van der Waals surface area contributed by atoms with Crippen molar-refractivity contribution in [2.24, 2.45) is 7.05 Å². The van der Waals surface area contributed by atoms with Crippen LogP contribution in [0.3, 0.4) is 0 Å². The summed E-state index contributed by atoms with van der Waals surface area (Å²) in [6, 6.07) is 27.1. The first-order valence-corrected chi connectivity index (χ1v) is 18.1. The summed E-state index contributed by atoms with van der Waals surface area (Å²) in [6.45, 7) is 6.37. The second kappa shape index (κ2) is 16.3. The van der Waals surface area contributed by atoms with E-state index in [-0.39, 0.29) is 28.0 Å². The molecule has 0 spiro atoms. The normalized spacial score (nSPS) is 11.2. The van der Waals surface area contributed by atoms with Gasteiger partial charge in [-0.25, -0.2) is 0 Å². The zero-order chi connectivity index (χ0) is 39.3. The van der Waals surface area contributed by atoms with Crippen molar-refractivity contribution in [2.45, 2.75) is 33.4 Å². The molecule has 0 atom stereocenters. The number of ether oxygens (including phenoxy) is 2. The summed E-state index contributed by atoms with van der Waals surface area (Å²) in [5, 5.41) is 11.7. The summed E-state index contributed by atoms with van der Waals surface area (Å²) in [5.74, 6) is -0.815. The van der Waals surface area contributed by atoms with Crippen molar-refractivity contribution in [1.82, 2.24) is 19.7 Å². The summed E-state index contributed by atoms with van der Waals surface area (Å²) in [5.41, 5.74) is 7.42. The van der Waals surface area contributed by atoms with E-state index in [1.165, 1.54) is 31.9 Å². The Balaban J connectivity index is 1.07. The minimum atomic E-state index is -0.709. The van der Waals surface area contributed by atoms with Crippen molar-refractivity contribution >= 4 is 45.1 Å². The lowest BCUT2D eigenvalue weighted by atomic mass is 10.1. The first-order valence-electron chi connectivity index (χ1n) is 18.1. The molecule has 0 saturated heterocycles. The van der Waals surface area contributed by atoms with E-state index in [9.17, 15) is 14.4 Å². The molecule has 0 aliphatic carbocycles. The maximum Gasteiger partial charge on any atom is 0.291 e. The summed E-state index contributed by atoms with van der Waals surface area (Å²) in [4.78, 5) is 46.7. The number of hydrogen-bond acceptors (Lipinski definition) is 9. The molecule has 56 heavy (non-hydrogen) atoms. The van der Waals surface area contributed by atoms with Crippen LogP contribution in [-0.4, -0.2) is 52.2 Å². The number of nitrogens with zero attached hydrogens (tertiary/aromatic N) is 4. The fourth-order valence-corrected chi connectivity index (χ4v) is 6.83. The Morgan fingerprint density at radius 2 is 1.52 bits per heavy atom. The number of aromatic nitrogens is 3. The zero-order valence-electron chi connectivity index (χ0n) is 31.9. The van der Waals surface area contributed by atoms with Crippen LogP contribution in [0.5, 0.6) is 11.5 Å². The van der Waals surface area contributed by atoms with E-state index in [1.807, 2.05) is 55.3 Å². The van der Waals surface area contributed by atoms with Gasteiger partial charge < -0.3 is 24.5 Å². The molecule has 0 radical (unpaired) electrons. The number of carbonyl (C=O) groups excluding carboxylic acids is 2. The number of amides is 2. The number of nitrogens with one attached hydrogen (secondary N) is 2. The van der Waals surface area contributed by atoms with Crippen LogP contribution in [0.2, 0.25) is 0 Å². The van der Waals surface area contributed by atoms with Crippen LogP contribution in [0.15, 0.2) is 113 Å². The molecular formula is C44H42N6O6. The van der Waals surface area contributed by atoms with E-state index in [4.69, 9.17) is 13.9 Å². The molecule has 3 aromatic heterocycles. The Kier molecular flexibility index (Phi) is 10.9. The van der Waals surface area contributed by atoms with Gasteiger partial charge in [-0.15, -0.1) is 0 Å². The van der Waals surface area contributed by atoms with Gasteiger partial charge in [0.1, 0.15) is 5.58 Å². The standard InChI is InChI=1S/C44H42N6O6/c1-27-18-31(24-45-23-27)26-50(25-30-12-15-37-34(19-30)28(2)48-49(37)3)17-16-29-10-13-32(14-11-29)46-43(52)35-20-40(54-4)41(55-5)21-36(35)47-44(53)42-22-38(51)33-8-6-7-9-39(33)56-42/h6-15,18-24H,16-17,25-26H2,1-5H3,(H,46,52)(H,47,53). The Bertz CT molecular complexity index is 2630. The predicted molar refractivity (Wildman–Crippen MR) is 217 cm³/mol. The van der Waals surface area contributed by atoms with Gasteiger partial charge in [0.05, 0.1) is 42.1 Å². The SMILES string of the molecule is COc1cc(NC(=O)c2cc(=O)c3ccccc3o2)c(C(=O)Nc2ccc(CCN(Cc3cncc(C)c3)Cc3ccc4c(c3)c(C)nn4C)cc2)cc1OC. The van der Waals surface area contributed by atoms with Crippen LogP contribution in [0, 0.1) is 13.8 Å². The maximum absolute atomic E-state index is 13.8. The van der Waals surface area contributed by atoms with Crippen molar-refractivity contribution in [1.29, 1.82) is 0 Å². The molecule has 0 aliphatic rings. The fraction of sp³-hybridized carbons (Fsp3) is 0.205. The minimum absolute atomic E-state index is 0.115. The maximum atomic E-state index is 13.8. The summed E-state index contributed by atoms with van der Waals surface area (Å²) in [6.07, 6.45) is 4.56. The molecule has 0 aliphatic heterocycles. The highest BCUT2D eigenvalue weighted by Crippen LogP contribution is 2.34. The van der Waals surface area contributed by atoms with Gasteiger partial charge in [0.15, 0.2) is 22.7 Å². The predicted octanol–water partition coefficient (Wildman–Crippen LogP) is 7.46. The van der Waals surface area contributed by atoms with Crippen molar-refractivity contribution in [2.75, 3.05) is 31.4 Å². The molecule has 0 fully saturated rings.